The van der Waals surface area contributed by atoms with Gasteiger partial charge in [0, 0.05) is 25.3 Å². The molecule has 1 heterocycles. The average Bonchev–Trinajstić information content (AvgIpc) is 3.15. The van der Waals surface area contributed by atoms with Gasteiger partial charge >= 0.3 is 5.91 Å². The zero-order chi connectivity index (χ0) is 19.9. The normalized spacial score (nSPS) is 19.3. The quantitative estimate of drug-likeness (QED) is 0.526. The SMILES string of the molecule is CN1CCS/C1=N\NC(=O)C(=O)C(NC(=O)C1CCCCC1)c1ccccc1.Cl. The number of rotatable bonds is 6. The smallest absolute Gasteiger partial charge is 0.310 e. The van der Waals surface area contributed by atoms with E-state index in [2.05, 4.69) is 15.8 Å². The first-order chi connectivity index (χ1) is 13.6. The van der Waals surface area contributed by atoms with Crippen molar-refractivity contribution in [3.63, 3.8) is 0 Å². The van der Waals surface area contributed by atoms with Crippen LogP contribution in [0.4, 0.5) is 0 Å². The van der Waals surface area contributed by atoms with Crippen molar-refractivity contribution in [1.82, 2.24) is 15.6 Å². The lowest BCUT2D eigenvalue weighted by atomic mass is 9.88. The van der Waals surface area contributed by atoms with Crippen LogP contribution in [0.25, 0.3) is 0 Å². The molecule has 2 N–H and O–H groups in total. The van der Waals surface area contributed by atoms with Crippen molar-refractivity contribution < 1.29 is 14.4 Å². The summed E-state index contributed by atoms with van der Waals surface area (Å²) < 4.78 is 0. The molecule has 2 amide bonds. The third-order valence-corrected chi connectivity index (χ3v) is 6.17. The molecule has 1 aromatic rings. The van der Waals surface area contributed by atoms with Gasteiger partial charge in [0.2, 0.25) is 11.7 Å². The topological polar surface area (TPSA) is 90.9 Å². The molecule has 2 aliphatic rings. The maximum Gasteiger partial charge on any atom is 0.310 e. The van der Waals surface area contributed by atoms with Gasteiger partial charge in [-0.05, 0) is 18.4 Å². The summed E-state index contributed by atoms with van der Waals surface area (Å²) in [4.78, 5) is 39.9. The summed E-state index contributed by atoms with van der Waals surface area (Å²) in [6, 6.07) is 7.86. The number of nitrogens with one attached hydrogen (secondary N) is 2. The first-order valence-corrected chi connectivity index (χ1v) is 10.7. The first-order valence-electron chi connectivity index (χ1n) is 9.67. The predicted molar refractivity (Wildman–Crippen MR) is 117 cm³/mol. The van der Waals surface area contributed by atoms with Crippen molar-refractivity contribution in [3.8, 4) is 0 Å². The van der Waals surface area contributed by atoms with Crippen molar-refractivity contribution in [1.29, 1.82) is 0 Å². The Morgan fingerprint density at radius 1 is 1.14 bits per heavy atom. The minimum absolute atomic E-state index is 0. The minimum atomic E-state index is -1.01. The van der Waals surface area contributed by atoms with Gasteiger partial charge < -0.3 is 10.2 Å². The van der Waals surface area contributed by atoms with Gasteiger partial charge in [0.25, 0.3) is 0 Å². The van der Waals surface area contributed by atoms with Gasteiger partial charge in [-0.15, -0.1) is 17.5 Å². The fraction of sp³-hybridized carbons (Fsp3) is 0.500. The highest BCUT2D eigenvalue weighted by Crippen LogP contribution is 2.25. The number of hydrogen-bond donors (Lipinski definition) is 2. The van der Waals surface area contributed by atoms with E-state index in [-0.39, 0.29) is 24.2 Å². The molecule has 0 spiro atoms. The molecule has 1 saturated heterocycles. The fourth-order valence-corrected chi connectivity index (χ4v) is 4.42. The second-order valence-corrected chi connectivity index (χ2v) is 8.22. The second kappa shape index (κ2) is 11.2. The maximum absolute atomic E-state index is 12.8. The number of amidine groups is 1. The molecule has 0 bridgehead atoms. The summed E-state index contributed by atoms with van der Waals surface area (Å²) in [5, 5.41) is 7.52. The summed E-state index contributed by atoms with van der Waals surface area (Å²) in [6.07, 6.45) is 4.83. The van der Waals surface area contributed by atoms with Gasteiger partial charge in [0.1, 0.15) is 6.04 Å². The number of benzene rings is 1. The van der Waals surface area contributed by atoms with Gasteiger partial charge in [-0.3, -0.25) is 14.4 Å². The van der Waals surface area contributed by atoms with E-state index in [4.69, 9.17) is 0 Å². The van der Waals surface area contributed by atoms with Crippen LogP contribution in [-0.4, -0.2) is 47.0 Å². The largest absolute Gasteiger partial charge is 0.352 e. The van der Waals surface area contributed by atoms with Crippen molar-refractivity contribution in [2.24, 2.45) is 11.0 Å². The molecular weight excluding hydrogens is 412 g/mol. The zero-order valence-electron chi connectivity index (χ0n) is 16.4. The number of hydrazone groups is 1. The summed E-state index contributed by atoms with van der Waals surface area (Å²) in [6.45, 7) is 0.845. The van der Waals surface area contributed by atoms with Crippen LogP contribution in [0.5, 0.6) is 0 Å². The van der Waals surface area contributed by atoms with E-state index in [1.807, 2.05) is 18.0 Å². The summed E-state index contributed by atoms with van der Waals surface area (Å²) in [7, 11) is 1.88. The molecule has 0 aromatic heterocycles. The molecule has 1 aliphatic heterocycles. The lowest BCUT2D eigenvalue weighted by molar-refractivity contribution is -0.140. The number of ketones is 1. The highest BCUT2D eigenvalue weighted by atomic mass is 35.5. The van der Waals surface area contributed by atoms with Crippen LogP contribution in [0.1, 0.15) is 43.7 Å². The monoisotopic (exact) mass is 438 g/mol. The number of amides is 2. The molecular formula is C20H27ClN4O3S. The molecule has 1 aromatic carbocycles. The second-order valence-electron chi connectivity index (χ2n) is 7.16. The van der Waals surface area contributed by atoms with Crippen LogP contribution in [0, 0.1) is 5.92 Å². The molecule has 7 nitrogen and oxygen atoms in total. The van der Waals surface area contributed by atoms with Crippen LogP contribution >= 0.6 is 24.2 Å². The number of carbonyl (C=O) groups excluding carboxylic acids is 3. The molecule has 158 valence electrons. The first kappa shape index (κ1) is 23.2. The Morgan fingerprint density at radius 3 is 2.45 bits per heavy atom. The van der Waals surface area contributed by atoms with E-state index in [1.54, 1.807) is 24.3 Å². The van der Waals surface area contributed by atoms with Crippen molar-refractivity contribution in [3.05, 3.63) is 35.9 Å². The Labute approximate surface area is 181 Å². The maximum atomic E-state index is 12.8. The Bertz CT molecular complexity index is 753. The van der Waals surface area contributed by atoms with E-state index >= 15 is 0 Å². The Balaban J connectivity index is 0.00000300. The summed E-state index contributed by atoms with van der Waals surface area (Å²) in [5.74, 6) is -0.910. The van der Waals surface area contributed by atoms with Crippen molar-refractivity contribution >= 4 is 46.9 Å². The lowest BCUT2D eigenvalue weighted by Gasteiger charge is -2.24. The molecule has 3 rings (SSSR count). The standard InChI is InChI=1S/C20H26N4O3S.ClH/c1-24-12-13-28-20(24)23-22-19(27)17(25)16(14-8-4-2-5-9-14)21-18(26)15-10-6-3-7-11-15;/h2,4-5,8-9,15-16H,3,6-7,10-13H2,1H3,(H,21,26)(H,22,27);1H/b23-20-;. The Morgan fingerprint density at radius 2 is 1.83 bits per heavy atom. The zero-order valence-corrected chi connectivity index (χ0v) is 18.1. The number of Topliss-reactive ketones (excluding diaryl/α,β-unsaturated/α-hetero) is 1. The van der Waals surface area contributed by atoms with Crippen LogP contribution in [0.2, 0.25) is 0 Å². The van der Waals surface area contributed by atoms with Gasteiger partial charge in [-0.25, -0.2) is 5.43 Å². The molecule has 9 heteroatoms. The van der Waals surface area contributed by atoms with Crippen molar-refractivity contribution in [2.75, 3.05) is 19.3 Å². The van der Waals surface area contributed by atoms with Crippen LogP contribution in [0.15, 0.2) is 35.4 Å². The van der Waals surface area contributed by atoms with Crippen molar-refractivity contribution in [2.45, 2.75) is 38.1 Å². The molecule has 1 atom stereocenters. The van der Waals surface area contributed by atoms with E-state index in [0.717, 1.165) is 44.4 Å². The van der Waals surface area contributed by atoms with Crippen LogP contribution in [-0.2, 0) is 14.4 Å². The van der Waals surface area contributed by atoms with Gasteiger partial charge in [-0.1, -0.05) is 61.4 Å². The van der Waals surface area contributed by atoms with Gasteiger partial charge in [0.05, 0.1) is 0 Å². The third-order valence-electron chi connectivity index (χ3n) is 5.12. The number of hydrogen-bond acceptors (Lipinski definition) is 5. The Hall–Kier alpha value is -2.06. The Kier molecular flexibility index (Phi) is 8.98. The lowest BCUT2D eigenvalue weighted by Crippen LogP contribution is -2.43. The van der Waals surface area contributed by atoms with Gasteiger partial charge in [0.15, 0.2) is 5.17 Å². The van der Waals surface area contributed by atoms with E-state index in [9.17, 15) is 14.4 Å². The molecule has 1 unspecified atom stereocenters. The molecule has 29 heavy (non-hydrogen) atoms. The number of thioether (sulfide) groups is 1. The van der Waals surface area contributed by atoms with Crippen LogP contribution < -0.4 is 10.7 Å². The number of carbonyl (C=O) groups is 3. The summed E-state index contributed by atoms with van der Waals surface area (Å²) >= 11 is 1.52. The number of nitrogens with zero attached hydrogens (tertiary/aromatic N) is 2. The highest BCUT2D eigenvalue weighted by Gasteiger charge is 2.31. The summed E-state index contributed by atoms with van der Waals surface area (Å²) in [5.41, 5.74) is 2.93. The predicted octanol–water partition coefficient (Wildman–Crippen LogP) is 2.48. The fourth-order valence-electron chi connectivity index (χ4n) is 3.45. The minimum Gasteiger partial charge on any atom is -0.352 e. The molecule has 0 radical (unpaired) electrons. The van der Waals surface area contributed by atoms with Gasteiger partial charge in [-0.2, -0.15) is 0 Å². The van der Waals surface area contributed by atoms with E-state index < -0.39 is 17.7 Å². The van der Waals surface area contributed by atoms with E-state index in [1.165, 1.54) is 11.8 Å². The highest BCUT2D eigenvalue weighted by molar-refractivity contribution is 8.14. The number of halogens is 1. The molecule has 2 fully saturated rings. The van der Waals surface area contributed by atoms with Crippen LogP contribution in [0.3, 0.4) is 0 Å². The third kappa shape index (κ3) is 6.21. The molecule has 1 aliphatic carbocycles. The van der Waals surface area contributed by atoms with E-state index in [0.29, 0.717) is 10.7 Å². The molecule has 1 saturated carbocycles. The average molecular weight is 439 g/mol.